The van der Waals surface area contributed by atoms with Crippen molar-refractivity contribution in [1.82, 2.24) is 4.31 Å². The fourth-order valence-corrected chi connectivity index (χ4v) is 6.73. The molecule has 0 spiro atoms. The van der Waals surface area contributed by atoms with Gasteiger partial charge in [-0.2, -0.15) is 4.31 Å². The van der Waals surface area contributed by atoms with Crippen molar-refractivity contribution in [2.45, 2.75) is 23.1 Å². The summed E-state index contributed by atoms with van der Waals surface area (Å²) in [6, 6.07) is 16.2. The number of nitrogens with one attached hydrogen (secondary N) is 1. The van der Waals surface area contributed by atoms with Gasteiger partial charge in [0.05, 0.1) is 5.69 Å². The van der Waals surface area contributed by atoms with Crippen LogP contribution >= 0.6 is 27.3 Å². The Hall–Kier alpha value is -2.33. The molecule has 1 aliphatic rings. The fourth-order valence-electron chi connectivity index (χ4n) is 3.59. The van der Waals surface area contributed by atoms with Crippen LogP contribution in [-0.2, 0) is 14.8 Å². The second-order valence-corrected chi connectivity index (χ2v) is 11.1. The molecule has 160 valence electrons. The van der Waals surface area contributed by atoms with Gasteiger partial charge in [-0.1, -0.05) is 52.3 Å². The Kier molecular flexibility index (Phi) is 6.38. The summed E-state index contributed by atoms with van der Waals surface area (Å²) >= 11 is 4.50. The molecule has 0 radical (unpaired) electrons. The minimum atomic E-state index is -3.74. The van der Waals surface area contributed by atoms with Gasteiger partial charge in [-0.05, 0) is 42.5 Å². The number of sulfonamides is 1. The van der Waals surface area contributed by atoms with Crippen LogP contribution in [0.15, 0.2) is 74.7 Å². The summed E-state index contributed by atoms with van der Waals surface area (Å²) in [4.78, 5) is 26.1. The second kappa shape index (κ2) is 9.04. The van der Waals surface area contributed by atoms with Gasteiger partial charge in [-0.25, -0.2) is 8.42 Å². The van der Waals surface area contributed by atoms with E-state index in [0.717, 1.165) is 11.3 Å². The van der Waals surface area contributed by atoms with Crippen molar-refractivity contribution >= 4 is 54.7 Å². The molecular weight excluding hydrogens is 500 g/mol. The van der Waals surface area contributed by atoms with Gasteiger partial charge in [0.1, 0.15) is 10.3 Å². The lowest BCUT2D eigenvalue weighted by Crippen LogP contribution is -2.43. The van der Waals surface area contributed by atoms with E-state index in [1.54, 1.807) is 60.0 Å². The highest BCUT2D eigenvalue weighted by atomic mass is 79.9. The number of thiophene rings is 1. The highest BCUT2D eigenvalue weighted by molar-refractivity contribution is 9.10. The molecule has 6 nitrogen and oxygen atoms in total. The molecule has 0 bridgehead atoms. The highest BCUT2D eigenvalue weighted by Crippen LogP contribution is 2.30. The first-order valence-electron chi connectivity index (χ1n) is 9.63. The lowest BCUT2D eigenvalue weighted by atomic mass is 10.0. The topological polar surface area (TPSA) is 83.6 Å². The van der Waals surface area contributed by atoms with Crippen molar-refractivity contribution in [2.75, 3.05) is 11.9 Å². The molecule has 1 aliphatic heterocycles. The van der Waals surface area contributed by atoms with Crippen molar-refractivity contribution < 1.29 is 18.0 Å². The fraction of sp³-hybridized carbons (Fsp3) is 0.182. The number of nitrogens with zero attached hydrogens (tertiary/aromatic N) is 1. The van der Waals surface area contributed by atoms with Gasteiger partial charge in [0.15, 0.2) is 5.78 Å². The molecular formula is C22H19BrN2O4S2. The first kappa shape index (κ1) is 21.9. The average molecular weight is 519 g/mol. The standard InChI is InChI=1S/C22H19BrN2O4S2/c23-16-10-11-18(17(14-16)21(26)15-6-2-1-3-7-15)24-22(27)19-8-4-12-25(19)31(28,29)20-9-5-13-30-20/h1-3,5-7,9-11,13-14,19H,4,8,12H2,(H,24,27). The summed E-state index contributed by atoms with van der Waals surface area (Å²) in [6.45, 7) is 0.286. The predicted molar refractivity (Wildman–Crippen MR) is 124 cm³/mol. The quantitative estimate of drug-likeness (QED) is 0.485. The van der Waals surface area contributed by atoms with E-state index < -0.39 is 22.0 Å². The van der Waals surface area contributed by atoms with Gasteiger partial charge in [0.2, 0.25) is 5.91 Å². The maximum Gasteiger partial charge on any atom is 0.253 e. The van der Waals surface area contributed by atoms with Crippen LogP contribution < -0.4 is 5.32 Å². The Morgan fingerprint density at radius 1 is 1.06 bits per heavy atom. The second-order valence-electron chi connectivity index (χ2n) is 7.08. The highest BCUT2D eigenvalue weighted by Gasteiger charge is 2.40. The molecule has 9 heteroatoms. The number of halogens is 1. The van der Waals surface area contributed by atoms with E-state index in [1.807, 2.05) is 6.07 Å². The van der Waals surface area contributed by atoms with Gasteiger partial charge in [-0.3, -0.25) is 9.59 Å². The Bertz CT molecular complexity index is 1210. The minimum Gasteiger partial charge on any atom is -0.324 e. The molecule has 1 aromatic heterocycles. The maximum absolute atomic E-state index is 13.1. The number of carbonyl (C=O) groups is 2. The monoisotopic (exact) mass is 518 g/mol. The van der Waals surface area contributed by atoms with Gasteiger partial charge in [0, 0.05) is 22.1 Å². The van der Waals surface area contributed by atoms with E-state index >= 15 is 0 Å². The number of carbonyl (C=O) groups excluding carboxylic acids is 2. The molecule has 2 heterocycles. The lowest BCUT2D eigenvalue weighted by molar-refractivity contribution is -0.119. The Labute approximate surface area is 193 Å². The van der Waals surface area contributed by atoms with Crippen LogP contribution in [0, 0.1) is 0 Å². The SMILES string of the molecule is O=C(c1ccccc1)c1cc(Br)ccc1NC(=O)C1CCCN1S(=O)(=O)c1cccs1. The number of anilines is 1. The van der Waals surface area contributed by atoms with Crippen LogP contribution in [0.25, 0.3) is 0 Å². The summed E-state index contributed by atoms with van der Waals surface area (Å²) in [6.07, 6.45) is 1.02. The zero-order chi connectivity index (χ0) is 22.0. The molecule has 1 amide bonds. The molecule has 1 atom stereocenters. The maximum atomic E-state index is 13.1. The van der Waals surface area contributed by atoms with Gasteiger partial charge in [-0.15, -0.1) is 11.3 Å². The molecule has 1 unspecified atom stereocenters. The molecule has 0 saturated carbocycles. The van der Waals surface area contributed by atoms with Crippen LogP contribution in [-0.4, -0.2) is 37.0 Å². The lowest BCUT2D eigenvalue weighted by Gasteiger charge is -2.23. The van der Waals surface area contributed by atoms with E-state index in [9.17, 15) is 18.0 Å². The Morgan fingerprint density at radius 3 is 2.55 bits per heavy atom. The van der Waals surface area contributed by atoms with Gasteiger partial charge >= 0.3 is 0 Å². The summed E-state index contributed by atoms with van der Waals surface area (Å²) in [7, 11) is -3.74. The average Bonchev–Trinajstić information content (AvgIpc) is 3.48. The first-order valence-corrected chi connectivity index (χ1v) is 12.7. The largest absolute Gasteiger partial charge is 0.324 e. The third-order valence-electron chi connectivity index (χ3n) is 5.08. The molecule has 2 aromatic carbocycles. The predicted octanol–water partition coefficient (Wildman–Crippen LogP) is 4.53. The van der Waals surface area contributed by atoms with Crippen molar-refractivity contribution in [3.05, 3.63) is 81.6 Å². The van der Waals surface area contributed by atoms with Crippen LogP contribution in [0.2, 0.25) is 0 Å². The summed E-state index contributed by atoms with van der Waals surface area (Å²) in [5.41, 5.74) is 1.18. The number of hydrogen-bond acceptors (Lipinski definition) is 5. The Morgan fingerprint density at radius 2 is 1.84 bits per heavy atom. The van der Waals surface area contributed by atoms with Gasteiger partial charge in [0.25, 0.3) is 10.0 Å². The molecule has 1 N–H and O–H groups in total. The number of benzene rings is 2. The molecule has 4 rings (SSSR count). The minimum absolute atomic E-state index is 0.218. The molecule has 31 heavy (non-hydrogen) atoms. The number of rotatable bonds is 6. The Balaban J connectivity index is 1.61. The van der Waals surface area contributed by atoms with Crippen LogP contribution in [0.3, 0.4) is 0 Å². The zero-order valence-corrected chi connectivity index (χ0v) is 19.5. The van der Waals surface area contributed by atoms with Crippen LogP contribution in [0.1, 0.15) is 28.8 Å². The first-order chi connectivity index (χ1) is 14.9. The van der Waals surface area contributed by atoms with Crippen molar-refractivity contribution in [3.8, 4) is 0 Å². The van der Waals surface area contributed by atoms with E-state index in [0.29, 0.717) is 34.1 Å². The summed E-state index contributed by atoms with van der Waals surface area (Å²) in [5.74, 6) is -0.672. The summed E-state index contributed by atoms with van der Waals surface area (Å²) in [5, 5.41) is 4.49. The number of ketones is 1. The molecule has 1 saturated heterocycles. The molecule has 3 aromatic rings. The third kappa shape index (κ3) is 4.50. The third-order valence-corrected chi connectivity index (χ3v) is 8.86. The number of amides is 1. The number of hydrogen-bond donors (Lipinski definition) is 1. The van der Waals surface area contributed by atoms with Crippen molar-refractivity contribution in [3.63, 3.8) is 0 Å². The van der Waals surface area contributed by atoms with Crippen molar-refractivity contribution in [2.24, 2.45) is 0 Å². The normalized spacial score (nSPS) is 16.9. The van der Waals surface area contributed by atoms with Crippen LogP contribution in [0.5, 0.6) is 0 Å². The molecule has 0 aliphatic carbocycles. The zero-order valence-electron chi connectivity index (χ0n) is 16.3. The van der Waals surface area contributed by atoms with Crippen LogP contribution in [0.4, 0.5) is 5.69 Å². The molecule has 1 fully saturated rings. The smallest absolute Gasteiger partial charge is 0.253 e. The van der Waals surface area contributed by atoms with E-state index in [-0.39, 0.29) is 16.5 Å². The summed E-state index contributed by atoms with van der Waals surface area (Å²) < 4.78 is 28.1. The van der Waals surface area contributed by atoms with Crippen molar-refractivity contribution in [1.29, 1.82) is 0 Å². The van der Waals surface area contributed by atoms with E-state index in [1.165, 1.54) is 4.31 Å². The van der Waals surface area contributed by atoms with Gasteiger partial charge < -0.3 is 5.32 Å². The van der Waals surface area contributed by atoms with E-state index in [4.69, 9.17) is 0 Å². The van der Waals surface area contributed by atoms with E-state index in [2.05, 4.69) is 21.2 Å².